The first-order valence-corrected chi connectivity index (χ1v) is 6.61. The van der Waals surface area contributed by atoms with Crippen LogP contribution in [-0.4, -0.2) is 15.9 Å². The van der Waals surface area contributed by atoms with Crippen LogP contribution in [-0.2, 0) is 6.54 Å². The summed E-state index contributed by atoms with van der Waals surface area (Å²) >= 11 is 0. The van der Waals surface area contributed by atoms with E-state index in [4.69, 9.17) is 4.42 Å². The molecule has 0 bridgehead atoms. The summed E-state index contributed by atoms with van der Waals surface area (Å²) < 4.78 is 18.3. The van der Waals surface area contributed by atoms with Crippen molar-refractivity contribution in [2.45, 2.75) is 6.54 Å². The Morgan fingerprint density at radius 3 is 2.68 bits per heavy atom. The smallest absolute Gasteiger partial charge is 0.254 e. The fraction of sp³-hybridized carbons (Fsp3) is 0.0625. The van der Waals surface area contributed by atoms with Crippen molar-refractivity contribution in [3.8, 4) is 11.4 Å². The van der Waals surface area contributed by atoms with E-state index in [1.165, 1.54) is 24.5 Å². The van der Waals surface area contributed by atoms with Gasteiger partial charge in [-0.25, -0.2) is 14.4 Å². The molecular weight excluding hydrogens is 285 g/mol. The second kappa shape index (κ2) is 6.17. The van der Waals surface area contributed by atoms with Gasteiger partial charge in [-0.15, -0.1) is 0 Å². The Kier molecular flexibility index (Phi) is 3.91. The van der Waals surface area contributed by atoms with Crippen LogP contribution in [0.5, 0.6) is 0 Å². The van der Waals surface area contributed by atoms with Gasteiger partial charge in [-0.05, 0) is 24.3 Å². The Balaban J connectivity index is 1.69. The van der Waals surface area contributed by atoms with E-state index in [-0.39, 0.29) is 18.3 Å². The molecule has 3 aromatic rings. The Morgan fingerprint density at radius 2 is 2.00 bits per heavy atom. The third-order valence-electron chi connectivity index (χ3n) is 3.00. The first-order valence-electron chi connectivity index (χ1n) is 6.61. The molecule has 1 N–H and O–H groups in total. The third kappa shape index (κ3) is 3.17. The van der Waals surface area contributed by atoms with E-state index in [0.29, 0.717) is 22.7 Å². The first-order chi connectivity index (χ1) is 10.7. The molecule has 0 atom stereocenters. The van der Waals surface area contributed by atoms with Gasteiger partial charge < -0.3 is 9.73 Å². The number of amides is 1. The molecule has 0 fully saturated rings. The summed E-state index contributed by atoms with van der Waals surface area (Å²) in [4.78, 5) is 20.1. The monoisotopic (exact) mass is 297 g/mol. The van der Waals surface area contributed by atoms with Crippen molar-refractivity contribution in [3.63, 3.8) is 0 Å². The number of halogens is 1. The van der Waals surface area contributed by atoms with Crippen LogP contribution in [0.25, 0.3) is 11.4 Å². The van der Waals surface area contributed by atoms with Gasteiger partial charge in [0, 0.05) is 18.0 Å². The van der Waals surface area contributed by atoms with Gasteiger partial charge >= 0.3 is 0 Å². The number of benzene rings is 1. The molecule has 2 heterocycles. The zero-order chi connectivity index (χ0) is 15.4. The van der Waals surface area contributed by atoms with Crippen LogP contribution in [0, 0.1) is 5.82 Å². The van der Waals surface area contributed by atoms with Gasteiger partial charge in [0.2, 0.25) is 0 Å². The van der Waals surface area contributed by atoms with Crippen molar-refractivity contribution in [2.75, 3.05) is 0 Å². The van der Waals surface area contributed by atoms with Gasteiger partial charge in [-0.2, -0.15) is 0 Å². The number of nitrogens with zero attached hydrogens (tertiary/aromatic N) is 2. The lowest BCUT2D eigenvalue weighted by atomic mass is 10.2. The topological polar surface area (TPSA) is 68.0 Å². The number of furan rings is 1. The summed E-state index contributed by atoms with van der Waals surface area (Å²) in [7, 11) is 0. The Morgan fingerprint density at radius 1 is 1.18 bits per heavy atom. The normalized spacial score (nSPS) is 10.4. The van der Waals surface area contributed by atoms with Crippen LogP contribution in [0.2, 0.25) is 0 Å². The van der Waals surface area contributed by atoms with Crippen molar-refractivity contribution >= 4 is 5.91 Å². The maximum absolute atomic E-state index is 13.2. The molecule has 0 unspecified atom stereocenters. The SMILES string of the molecule is O=C(NCc1ccco1)c1cnc(-c2cccc(F)c2)nc1. The second-order valence-corrected chi connectivity index (χ2v) is 4.57. The largest absolute Gasteiger partial charge is 0.467 e. The van der Waals surface area contributed by atoms with Crippen LogP contribution in [0.1, 0.15) is 16.1 Å². The predicted molar refractivity (Wildman–Crippen MR) is 77.3 cm³/mol. The minimum atomic E-state index is -0.360. The van der Waals surface area contributed by atoms with Crippen LogP contribution >= 0.6 is 0 Å². The van der Waals surface area contributed by atoms with E-state index in [1.54, 1.807) is 30.5 Å². The van der Waals surface area contributed by atoms with Gasteiger partial charge in [0.25, 0.3) is 5.91 Å². The summed E-state index contributed by atoms with van der Waals surface area (Å²) in [5, 5.41) is 2.70. The molecular formula is C16H12FN3O2. The molecule has 0 saturated carbocycles. The minimum Gasteiger partial charge on any atom is -0.467 e. The highest BCUT2D eigenvalue weighted by molar-refractivity contribution is 5.93. The Labute approximate surface area is 125 Å². The van der Waals surface area contributed by atoms with Crippen LogP contribution in [0.4, 0.5) is 4.39 Å². The van der Waals surface area contributed by atoms with Gasteiger partial charge in [0.1, 0.15) is 11.6 Å². The lowest BCUT2D eigenvalue weighted by Crippen LogP contribution is -2.22. The summed E-state index contributed by atoms with van der Waals surface area (Å²) in [6, 6.07) is 9.49. The molecule has 2 aromatic heterocycles. The number of carbonyl (C=O) groups excluding carboxylic acids is 1. The third-order valence-corrected chi connectivity index (χ3v) is 3.00. The fourth-order valence-corrected chi connectivity index (χ4v) is 1.90. The quantitative estimate of drug-likeness (QED) is 0.804. The standard InChI is InChI=1S/C16H12FN3O2/c17-13-4-1-3-11(7-13)15-18-8-12(9-19-15)16(21)20-10-14-5-2-6-22-14/h1-9H,10H2,(H,20,21). The number of carbonyl (C=O) groups is 1. The highest BCUT2D eigenvalue weighted by atomic mass is 19.1. The maximum atomic E-state index is 13.2. The van der Waals surface area contributed by atoms with E-state index < -0.39 is 0 Å². The summed E-state index contributed by atoms with van der Waals surface area (Å²) in [5.74, 6) is 0.358. The summed E-state index contributed by atoms with van der Waals surface area (Å²) in [5.41, 5.74) is 0.884. The van der Waals surface area contributed by atoms with Crippen molar-refractivity contribution in [1.29, 1.82) is 0 Å². The average Bonchev–Trinajstić information content (AvgIpc) is 3.06. The fourth-order valence-electron chi connectivity index (χ4n) is 1.90. The number of aromatic nitrogens is 2. The number of hydrogen-bond acceptors (Lipinski definition) is 4. The van der Waals surface area contributed by atoms with Crippen molar-refractivity contribution in [3.05, 3.63) is 72.2 Å². The number of hydrogen-bond donors (Lipinski definition) is 1. The lowest BCUT2D eigenvalue weighted by molar-refractivity contribution is 0.0947. The predicted octanol–water partition coefficient (Wildman–Crippen LogP) is 2.81. The molecule has 0 radical (unpaired) electrons. The second-order valence-electron chi connectivity index (χ2n) is 4.57. The highest BCUT2D eigenvalue weighted by Crippen LogP contribution is 2.15. The lowest BCUT2D eigenvalue weighted by Gasteiger charge is -2.04. The molecule has 1 amide bonds. The van der Waals surface area contributed by atoms with Gasteiger partial charge in [-0.1, -0.05) is 12.1 Å². The molecule has 3 rings (SSSR count). The molecule has 0 aliphatic carbocycles. The molecule has 6 heteroatoms. The summed E-state index contributed by atoms with van der Waals surface area (Å²) in [6.45, 7) is 0.289. The molecule has 0 spiro atoms. The Hall–Kier alpha value is -3.02. The molecule has 110 valence electrons. The van der Waals surface area contributed by atoms with E-state index in [2.05, 4.69) is 15.3 Å². The van der Waals surface area contributed by atoms with E-state index in [0.717, 1.165) is 0 Å². The number of rotatable bonds is 4. The highest BCUT2D eigenvalue weighted by Gasteiger charge is 2.09. The number of nitrogens with one attached hydrogen (secondary N) is 1. The molecule has 22 heavy (non-hydrogen) atoms. The Bertz CT molecular complexity index is 770. The maximum Gasteiger partial charge on any atom is 0.254 e. The van der Waals surface area contributed by atoms with Crippen molar-refractivity contribution < 1.29 is 13.6 Å². The van der Waals surface area contributed by atoms with E-state index in [1.807, 2.05) is 0 Å². The molecule has 0 saturated heterocycles. The van der Waals surface area contributed by atoms with Crippen molar-refractivity contribution in [2.24, 2.45) is 0 Å². The van der Waals surface area contributed by atoms with Crippen molar-refractivity contribution in [1.82, 2.24) is 15.3 Å². The molecule has 0 aliphatic heterocycles. The first kappa shape index (κ1) is 13.9. The molecule has 1 aromatic carbocycles. The van der Waals surface area contributed by atoms with Crippen LogP contribution in [0.3, 0.4) is 0 Å². The van der Waals surface area contributed by atoms with Gasteiger partial charge in [0.15, 0.2) is 5.82 Å². The molecule has 0 aliphatic rings. The average molecular weight is 297 g/mol. The van der Waals surface area contributed by atoms with Crippen LogP contribution in [0.15, 0.2) is 59.5 Å². The van der Waals surface area contributed by atoms with E-state index >= 15 is 0 Å². The zero-order valence-corrected chi connectivity index (χ0v) is 11.5. The minimum absolute atomic E-state index is 0.289. The van der Waals surface area contributed by atoms with Crippen LogP contribution < -0.4 is 5.32 Å². The molecule has 5 nitrogen and oxygen atoms in total. The summed E-state index contributed by atoms with van der Waals surface area (Å²) in [6.07, 6.45) is 4.35. The van der Waals surface area contributed by atoms with Gasteiger partial charge in [-0.3, -0.25) is 4.79 Å². The van der Waals surface area contributed by atoms with E-state index in [9.17, 15) is 9.18 Å². The van der Waals surface area contributed by atoms with Gasteiger partial charge in [0.05, 0.1) is 18.4 Å². The zero-order valence-electron chi connectivity index (χ0n) is 11.5.